The van der Waals surface area contributed by atoms with Crippen LogP contribution in [-0.4, -0.2) is 29.0 Å². The summed E-state index contributed by atoms with van der Waals surface area (Å²) >= 11 is 1.20. The lowest BCUT2D eigenvalue weighted by atomic mass is 9.98. The Labute approximate surface area is 213 Å². The summed E-state index contributed by atoms with van der Waals surface area (Å²) in [5.41, 5.74) is 4.78. The van der Waals surface area contributed by atoms with Crippen LogP contribution >= 0.6 is 11.8 Å². The van der Waals surface area contributed by atoms with Crippen LogP contribution in [0, 0.1) is 18.3 Å². The number of anilines is 1. The normalized spacial score (nSPS) is 10.8. The third-order valence-corrected chi connectivity index (χ3v) is 6.44. The van der Waals surface area contributed by atoms with E-state index in [9.17, 15) is 10.1 Å². The average Bonchev–Trinajstić information content (AvgIpc) is 3.36. The molecule has 0 unspecified atom stereocenters. The van der Waals surface area contributed by atoms with Gasteiger partial charge in [-0.05, 0) is 61.3 Å². The number of hydrogen-bond donors (Lipinski definition) is 1. The van der Waals surface area contributed by atoms with Crippen LogP contribution in [0.25, 0.3) is 22.4 Å². The minimum absolute atomic E-state index is 0.0451. The van der Waals surface area contributed by atoms with Gasteiger partial charge in [-0.1, -0.05) is 41.6 Å². The Morgan fingerprint density at radius 1 is 1.17 bits per heavy atom. The van der Waals surface area contributed by atoms with Crippen LogP contribution in [0.3, 0.4) is 0 Å². The highest BCUT2D eigenvalue weighted by molar-refractivity contribution is 8.00. The van der Waals surface area contributed by atoms with Crippen molar-refractivity contribution in [1.29, 1.82) is 5.26 Å². The molecule has 9 heteroatoms. The number of amides is 1. The molecule has 4 rings (SSSR count). The minimum Gasteiger partial charge on any atom is -0.497 e. The van der Waals surface area contributed by atoms with Crippen molar-refractivity contribution in [3.8, 4) is 34.2 Å². The van der Waals surface area contributed by atoms with Crippen molar-refractivity contribution in [1.82, 2.24) is 10.3 Å². The van der Waals surface area contributed by atoms with E-state index in [4.69, 9.17) is 14.2 Å². The number of methoxy groups -OCH3 is 1. The summed E-state index contributed by atoms with van der Waals surface area (Å²) in [5.74, 6) is 0.756. The summed E-state index contributed by atoms with van der Waals surface area (Å²) in [6.07, 6.45) is 1.63. The van der Waals surface area contributed by atoms with E-state index in [-0.39, 0.29) is 23.6 Å². The quantitative estimate of drug-likeness (QED) is 0.262. The lowest BCUT2D eigenvalue weighted by molar-refractivity contribution is -0.779. The summed E-state index contributed by atoms with van der Waals surface area (Å²) in [6.45, 7) is 5.93. The lowest BCUT2D eigenvalue weighted by Gasteiger charge is -2.13. The number of nitriles is 1. The van der Waals surface area contributed by atoms with Gasteiger partial charge in [-0.15, -0.1) is 0 Å². The summed E-state index contributed by atoms with van der Waals surface area (Å²) in [4.78, 5) is 17.4. The highest BCUT2D eigenvalue weighted by Crippen LogP contribution is 2.34. The molecule has 4 aromatic rings. The van der Waals surface area contributed by atoms with E-state index in [0.717, 1.165) is 28.0 Å². The molecular formula is C27H26N5O3S+. The van der Waals surface area contributed by atoms with Gasteiger partial charge in [0.15, 0.2) is 6.04 Å². The SMILES string of the molecule is COc1ccc(-c2cc(-c3ccc(C)cc3)c(C#N)c(SCC(=O)Nc3c[n+](C(C)C)no3)n2)cc1. The van der Waals surface area contributed by atoms with E-state index in [1.807, 2.05) is 75.4 Å². The van der Waals surface area contributed by atoms with Crippen molar-refractivity contribution in [2.75, 3.05) is 18.2 Å². The van der Waals surface area contributed by atoms with Crippen LogP contribution in [0.1, 0.15) is 31.0 Å². The first kappa shape index (κ1) is 24.9. The molecule has 0 spiro atoms. The van der Waals surface area contributed by atoms with Crippen LogP contribution in [0.5, 0.6) is 5.75 Å². The van der Waals surface area contributed by atoms with Gasteiger partial charge in [-0.3, -0.25) is 14.6 Å². The van der Waals surface area contributed by atoms with E-state index in [1.165, 1.54) is 11.8 Å². The fraction of sp³-hybridized carbons (Fsp3) is 0.222. The molecule has 0 radical (unpaired) electrons. The number of carbonyl (C=O) groups is 1. The maximum Gasteiger partial charge on any atom is 0.302 e. The van der Waals surface area contributed by atoms with Gasteiger partial charge in [-0.2, -0.15) is 5.26 Å². The molecule has 2 aromatic heterocycles. The number of benzene rings is 2. The molecule has 0 bridgehead atoms. The van der Waals surface area contributed by atoms with Gasteiger partial charge in [0, 0.05) is 11.1 Å². The smallest absolute Gasteiger partial charge is 0.302 e. The molecule has 0 fully saturated rings. The Balaban J connectivity index is 1.66. The molecule has 8 nitrogen and oxygen atoms in total. The number of aromatic nitrogens is 3. The Hall–Kier alpha value is -4.16. The van der Waals surface area contributed by atoms with Crippen LogP contribution in [0.4, 0.5) is 5.88 Å². The second kappa shape index (κ2) is 11.1. The van der Waals surface area contributed by atoms with Crippen LogP contribution in [-0.2, 0) is 4.79 Å². The largest absolute Gasteiger partial charge is 0.497 e. The third kappa shape index (κ3) is 5.73. The maximum absolute atomic E-state index is 12.6. The topological polar surface area (TPSA) is 105 Å². The van der Waals surface area contributed by atoms with E-state index >= 15 is 0 Å². The second-order valence-electron chi connectivity index (χ2n) is 8.42. The Morgan fingerprint density at radius 3 is 2.47 bits per heavy atom. The van der Waals surface area contributed by atoms with Crippen molar-refractivity contribution in [2.24, 2.45) is 0 Å². The molecule has 0 saturated heterocycles. The second-order valence-corrected chi connectivity index (χ2v) is 9.38. The van der Waals surface area contributed by atoms with E-state index in [1.54, 1.807) is 18.0 Å². The molecule has 1 amide bonds. The number of nitrogens with one attached hydrogen (secondary N) is 1. The van der Waals surface area contributed by atoms with E-state index in [0.29, 0.717) is 16.3 Å². The molecular weight excluding hydrogens is 474 g/mol. The zero-order valence-electron chi connectivity index (χ0n) is 20.5. The fourth-order valence-corrected chi connectivity index (χ4v) is 4.27. The Bertz CT molecular complexity index is 1410. The first-order valence-corrected chi connectivity index (χ1v) is 12.3. The number of thioether (sulfide) groups is 1. The van der Waals surface area contributed by atoms with Crippen molar-refractivity contribution in [2.45, 2.75) is 31.8 Å². The zero-order valence-corrected chi connectivity index (χ0v) is 21.3. The van der Waals surface area contributed by atoms with Crippen molar-refractivity contribution < 1.29 is 18.7 Å². The van der Waals surface area contributed by atoms with Gasteiger partial charge < -0.3 is 4.74 Å². The molecule has 0 saturated carbocycles. The number of nitrogens with zero attached hydrogens (tertiary/aromatic N) is 4. The van der Waals surface area contributed by atoms with Crippen LogP contribution in [0.2, 0.25) is 0 Å². The minimum atomic E-state index is -0.288. The number of pyridine rings is 1. The highest BCUT2D eigenvalue weighted by atomic mass is 32.2. The monoisotopic (exact) mass is 500 g/mol. The third-order valence-electron chi connectivity index (χ3n) is 5.46. The first-order chi connectivity index (χ1) is 17.4. The summed E-state index contributed by atoms with van der Waals surface area (Å²) in [5, 5.41) is 17.1. The van der Waals surface area contributed by atoms with E-state index < -0.39 is 0 Å². The van der Waals surface area contributed by atoms with Gasteiger partial charge in [-0.25, -0.2) is 4.98 Å². The van der Waals surface area contributed by atoms with Crippen molar-refractivity contribution in [3.63, 3.8) is 0 Å². The van der Waals surface area contributed by atoms with Crippen molar-refractivity contribution in [3.05, 3.63) is 71.9 Å². The molecule has 182 valence electrons. The number of carbonyl (C=O) groups excluding carboxylic acids is 1. The van der Waals surface area contributed by atoms with Crippen molar-refractivity contribution >= 4 is 23.6 Å². The predicted octanol–water partition coefficient (Wildman–Crippen LogP) is 5.19. The van der Waals surface area contributed by atoms with Gasteiger partial charge in [0.1, 0.15) is 16.8 Å². The van der Waals surface area contributed by atoms with Gasteiger partial charge in [0.2, 0.25) is 11.2 Å². The molecule has 1 N–H and O–H groups in total. The molecule has 0 aliphatic carbocycles. The summed E-state index contributed by atoms with van der Waals surface area (Å²) in [6, 6.07) is 19.9. The summed E-state index contributed by atoms with van der Waals surface area (Å²) < 4.78 is 12.1. The van der Waals surface area contributed by atoms with Crippen LogP contribution in [0.15, 0.2) is 70.3 Å². The average molecular weight is 501 g/mol. The Kier molecular flexibility index (Phi) is 7.66. The van der Waals surface area contributed by atoms with Gasteiger partial charge in [0.05, 0.1) is 24.1 Å². The number of rotatable bonds is 8. The predicted molar refractivity (Wildman–Crippen MR) is 138 cm³/mol. The van der Waals surface area contributed by atoms with Crippen LogP contribution < -0.4 is 14.7 Å². The molecule has 0 aliphatic heterocycles. The summed E-state index contributed by atoms with van der Waals surface area (Å²) in [7, 11) is 1.62. The lowest BCUT2D eigenvalue weighted by Crippen LogP contribution is -2.36. The molecule has 0 aliphatic rings. The number of aryl methyl sites for hydroxylation is 1. The fourth-order valence-electron chi connectivity index (χ4n) is 3.47. The maximum atomic E-state index is 12.6. The molecule has 36 heavy (non-hydrogen) atoms. The van der Waals surface area contributed by atoms with Gasteiger partial charge in [0.25, 0.3) is 6.20 Å². The number of hydrogen-bond acceptors (Lipinski definition) is 7. The zero-order chi connectivity index (χ0) is 25.7. The van der Waals surface area contributed by atoms with Gasteiger partial charge >= 0.3 is 5.88 Å². The molecule has 2 heterocycles. The first-order valence-electron chi connectivity index (χ1n) is 11.4. The standard InChI is InChI=1S/C27H25N5O3S/c1-17(2)32-15-26(35-31-32)30-25(33)16-36-27-23(14-28)22(19-7-5-18(3)6-8-19)13-24(29-27)20-9-11-21(34-4)12-10-20/h5-13,15,17H,16H2,1-4H3/p+1. The molecule has 2 aromatic carbocycles. The Morgan fingerprint density at radius 2 is 1.86 bits per heavy atom. The highest BCUT2D eigenvalue weighted by Gasteiger charge is 2.19. The molecule has 0 atom stereocenters. The number of ether oxygens (including phenoxy) is 1. The van der Waals surface area contributed by atoms with E-state index in [2.05, 4.69) is 16.7 Å².